The molecule has 2 N–H and O–H groups in total. The number of aryl methyl sites for hydroxylation is 1. The molecule has 0 saturated heterocycles. The van der Waals surface area contributed by atoms with E-state index in [1.54, 1.807) is 18.5 Å². The highest BCUT2D eigenvalue weighted by Gasteiger charge is 2.12. The van der Waals surface area contributed by atoms with Gasteiger partial charge in [-0.3, -0.25) is 9.78 Å². The maximum atomic E-state index is 11.8. The number of pyridine rings is 1. The van der Waals surface area contributed by atoms with E-state index in [4.69, 9.17) is 4.52 Å². The molecule has 2 aromatic rings. The minimum Gasteiger partial charge on any atom is -0.391 e. The number of carbonyl (C=O) groups excluding carboxylic acids is 1. The van der Waals surface area contributed by atoms with Crippen molar-refractivity contribution < 1.29 is 14.4 Å². The molecular weight excluding hydrogens is 296 g/mol. The highest BCUT2D eigenvalue weighted by molar-refractivity contribution is 5.76. The van der Waals surface area contributed by atoms with Crippen molar-refractivity contribution in [3.63, 3.8) is 0 Å². The van der Waals surface area contributed by atoms with Gasteiger partial charge in [-0.25, -0.2) is 0 Å². The Labute approximate surface area is 135 Å². The maximum absolute atomic E-state index is 11.8. The number of aromatic nitrogens is 3. The molecule has 124 valence electrons. The van der Waals surface area contributed by atoms with Gasteiger partial charge in [0.2, 0.25) is 17.6 Å². The number of hydrogen-bond acceptors (Lipinski definition) is 6. The number of amides is 1. The van der Waals surface area contributed by atoms with Crippen molar-refractivity contribution in [2.75, 3.05) is 6.54 Å². The summed E-state index contributed by atoms with van der Waals surface area (Å²) < 4.78 is 5.13. The fourth-order valence-electron chi connectivity index (χ4n) is 2.14. The minimum absolute atomic E-state index is 0.145. The van der Waals surface area contributed by atoms with Crippen LogP contribution in [0, 0.1) is 5.92 Å². The van der Waals surface area contributed by atoms with Crippen LogP contribution in [0.1, 0.15) is 32.6 Å². The second-order valence-electron chi connectivity index (χ2n) is 5.84. The van der Waals surface area contributed by atoms with Crippen molar-refractivity contribution in [2.45, 2.75) is 39.2 Å². The Morgan fingerprint density at radius 2 is 2.26 bits per heavy atom. The van der Waals surface area contributed by atoms with Gasteiger partial charge in [0.05, 0.1) is 6.10 Å². The monoisotopic (exact) mass is 318 g/mol. The smallest absolute Gasteiger partial charge is 0.227 e. The van der Waals surface area contributed by atoms with E-state index in [1.807, 2.05) is 19.9 Å². The van der Waals surface area contributed by atoms with Crippen molar-refractivity contribution in [3.8, 4) is 11.4 Å². The molecule has 1 atom stereocenters. The molecule has 0 radical (unpaired) electrons. The summed E-state index contributed by atoms with van der Waals surface area (Å²) in [6, 6.07) is 3.63. The van der Waals surface area contributed by atoms with Crippen LogP contribution in [0.25, 0.3) is 11.4 Å². The molecule has 0 aliphatic heterocycles. The summed E-state index contributed by atoms with van der Waals surface area (Å²) in [4.78, 5) is 20.0. The molecule has 7 nitrogen and oxygen atoms in total. The van der Waals surface area contributed by atoms with Crippen LogP contribution in [0.4, 0.5) is 0 Å². The molecule has 0 aliphatic rings. The van der Waals surface area contributed by atoms with Crippen molar-refractivity contribution in [1.82, 2.24) is 20.4 Å². The molecule has 2 heterocycles. The van der Waals surface area contributed by atoms with E-state index in [2.05, 4.69) is 20.4 Å². The number of nitrogens with one attached hydrogen (secondary N) is 1. The van der Waals surface area contributed by atoms with Gasteiger partial charge in [-0.15, -0.1) is 0 Å². The lowest BCUT2D eigenvalue weighted by molar-refractivity contribution is -0.121. The highest BCUT2D eigenvalue weighted by atomic mass is 16.5. The Hall–Kier alpha value is -2.28. The predicted octanol–water partition coefficient (Wildman–Crippen LogP) is 1.59. The average Bonchev–Trinajstić information content (AvgIpc) is 3.00. The Kier molecular flexibility index (Phi) is 6.22. The van der Waals surface area contributed by atoms with Crippen molar-refractivity contribution in [2.24, 2.45) is 5.92 Å². The molecule has 0 fully saturated rings. The molecule has 2 rings (SSSR count). The first-order chi connectivity index (χ1) is 11.0. The fourth-order valence-corrected chi connectivity index (χ4v) is 2.14. The molecule has 2 aromatic heterocycles. The Morgan fingerprint density at radius 3 is 2.96 bits per heavy atom. The van der Waals surface area contributed by atoms with E-state index < -0.39 is 6.10 Å². The lowest BCUT2D eigenvalue weighted by Crippen LogP contribution is -2.32. The molecular formula is C16H22N4O3. The molecule has 0 bridgehead atoms. The number of hydrogen-bond donors (Lipinski definition) is 2. The van der Waals surface area contributed by atoms with Gasteiger partial charge in [0.1, 0.15) is 0 Å². The number of aliphatic hydroxyl groups is 1. The van der Waals surface area contributed by atoms with Crippen molar-refractivity contribution in [1.29, 1.82) is 0 Å². The first kappa shape index (κ1) is 17.1. The zero-order chi connectivity index (χ0) is 16.7. The largest absolute Gasteiger partial charge is 0.391 e. The van der Waals surface area contributed by atoms with Gasteiger partial charge in [0.15, 0.2) is 0 Å². The molecule has 0 spiro atoms. The molecule has 1 unspecified atom stereocenters. The zero-order valence-corrected chi connectivity index (χ0v) is 13.4. The number of aliphatic hydroxyl groups excluding tert-OH is 1. The van der Waals surface area contributed by atoms with Crippen molar-refractivity contribution in [3.05, 3.63) is 30.4 Å². The molecule has 23 heavy (non-hydrogen) atoms. The maximum Gasteiger partial charge on any atom is 0.227 e. The van der Waals surface area contributed by atoms with Crippen LogP contribution in [-0.2, 0) is 11.2 Å². The van der Waals surface area contributed by atoms with Gasteiger partial charge in [-0.1, -0.05) is 19.0 Å². The van der Waals surface area contributed by atoms with Crippen LogP contribution in [0.5, 0.6) is 0 Å². The molecule has 1 amide bonds. The quantitative estimate of drug-likeness (QED) is 0.766. The van der Waals surface area contributed by atoms with E-state index in [1.165, 1.54) is 0 Å². The van der Waals surface area contributed by atoms with Gasteiger partial charge in [-0.2, -0.15) is 4.98 Å². The van der Waals surface area contributed by atoms with E-state index in [0.29, 0.717) is 30.5 Å². The Bertz CT molecular complexity index is 613. The minimum atomic E-state index is -0.514. The van der Waals surface area contributed by atoms with E-state index >= 15 is 0 Å². The fraction of sp³-hybridized carbons (Fsp3) is 0.500. The van der Waals surface area contributed by atoms with Gasteiger partial charge in [0.25, 0.3) is 0 Å². The van der Waals surface area contributed by atoms with Crippen molar-refractivity contribution >= 4 is 5.91 Å². The van der Waals surface area contributed by atoms with E-state index in [-0.39, 0.29) is 18.9 Å². The normalized spacial score (nSPS) is 12.3. The predicted molar refractivity (Wildman–Crippen MR) is 84.3 cm³/mol. The van der Waals surface area contributed by atoms with Gasteiger partial charge >= 0.3 is 0 Å². The van der Waals surface area contributed by atoms with Crippen LogP contribution in [0.2, 0.25) is 0 Å². The topological polar surface area (TPSA) is 101 Å². The second kappa shape index (κ2) is 8.38. The Morgan fingerprint density at radius 1 is 1.43 bits per heavy atom. The first-order valence-corrected chi connectivity index (χ1v) is 7.72. The molecule has 0 aliphatic carbocycles. The lowest BCUT2D eigenvalue weighted by Gasteiger charge is -2.13. The second-order valence-corrected chi connectivity index (χ2v) is 5.84. The zero-order valence-electron chi connectivity index (χ0n) is 13.4. The van der Waals surface area contributed by atoms with Crippen LogP contribution in [0.15, 0.2) is 29.0 Å². The van der Waals surface area contributed by atoms with Gasteiger partial charge in [-0.05, 0) is 24.5 Å². The first-order valence-electron chi connectivity index (χ1n) is 7.72. The van der Waals surface area contributed by atoms with Crippen LogP contribution >= 0.6 is 0 Å². The average molecular weight is 318 g/mol. The third-order valence-electron chi connectivity index (χ3n) is 3.23. The van der Waals surface area contributed by atoms with Crippen LogP contribution in [0.3, 0.4) is 0 Å². The van der Waals surface area contributed by atoms with E-state index in [0.717, 1.165) is 5.56 Å². The van der Waals surface area contributed by atoms with E-state index in [9.17, 15) is 9.90 Å². The number of rotatable bonds is 8. The third-order valence-corrected chi connectivity index (χ3v) is 3.23. The summed E-state index contributed by atoms with van der Waals surface area (Å²) in [5, 5.41) is 16.3. The summed E-state index contributed by atoms with van der Waals surface area (Å²) in [6.45, 7) is 4.32. The SMILES string of the molecule is CC(C)CC(O)CNC(=O)CCc1nc(-c2cccnc2)no1. The summed E-state index contributed by atoms with van der Waals surface area (Å²) in [5.74, 6) is 1.11. The number of nitrogens with zero attached hydrogens (tertiary/aromatic N) is 3. The lowest BCUT2D eigenvalue weighted by atomic mass is 10.1. The summed E-state index contributed by atoms with van der Waals surface area (Å²) in [5.41, 5.74) is 0.767. The molecule has 0 saturated carbocycles. The van der Waals surface area contributed by atoms with Gasteiger partial charge < -0.3 is 14.9 Å². The summed E-state index contributed by atoms with van der Waals surface area (Å²) in [7, 11) is 0. The Balaban J connectivity index is 1.76. The summed E-state index contributed by atoms with van der Waals surface area (Å²) >= 11 is 0. The number of carbonyl (C=O) groups is 1. The van der Waals surface area contributed by atoms with Gasteiger partial charge in [0, 0.05) is 37.3 Å². The van der Waals surface area contributed by atoms with Crippen LogP contribution < -0.4 is 5.32 Å². The third kappa shape index (κ3) is 5.78. The standard InChI is InChI=1S/C16H22N4O3/c1-11(2)8-13(21)10-18-14(22)5-6-15-19-16(20-23-15)12-4-3-7-17-9-12/h3-4,7,9,11,13,21H,5-6,8,10H2,1-2H3,(H,18,22). The molecule has 0 aromatic carbocycles. The van der Waals surface area contributed by atoms with Crippen LogP contribution in [-0.4, -0.2) is 38.8 Å². The summed E-state index contributed by atoms with van der Waals surface area (Å²) in [6.07, 6.45) is 4.07. The molecule has 7 heteroatoms. The highest BCUT2D eigenvalue weighted by Crippen LogP contribution is 2.14.